The van der Waals surface area contributed by atoms with E-state index in [1.165, 1.54) is 17.8 Å². The fourth-order valence-corrected chi connectivity index (χ4v) is 2.78. The summed E-state index contributed by atoms with van der Waals surface area (Å²) in [5.41, 5.74) is 2.41. The van der Waals surface area contributed by atoms with Gasteiger partial charge in [0.15, 0.2) is 0 Å². The molecule has 1 atom stereocenters. The molecule has 0 amide bonds. The molecule has 0 saturated carbocycles. The quantitative estimate of drug-likeness (QED) is 0.874. The Hall–Kier alpha value is -1.35. The number of hydrogen-bond acceptors (Lipinski definition) is 2. The molecule has 2 aromatic rings. The minimum absolute atomic E-state index is 0.761. The van der Waals surface area contributed by atoms with E-state index in [9.17, 15) is 0 Å². The first-order valence-corrected chi connectivity index (χ1v) is 6.53. The lowest BCUT2D eigenvalue weighted by molar-refractivity contribution is 0.543. The van der Waals surface area contributed by atoms with Crippen molar-refractivity contribution in [1.82, 2.24) is 14.9 Å². The molecule has 3 nitrogen and oxygen atoms in total. The van der Waals surface area contributed by atoms with Crippen LogP contribution in [0.4, 0.5) is 0 Å². The molecule has 0 radical (unpaired) electrons. The molecule has 1 aliphatic rings. The van der Waals surface area contributed by atoms with Gasteiger partial charge in [-0.1, -0.05) is 12.1 Å². The SMILES string of the molecule is CCn1c(CC2CCNC2)nc2ccccc21. The summed E-state index contributed by atoms with van der Waals surface area (Å²) in [5.74, 6) is 2.01. The van der Waals surface area contributed by atoms with Gasteiger partial charge >= 0.3 is 0 Å². The van der Waals surface area contributed by atoms with Gasteiger partial charge in [-0.25, -0.2) is 4.98 Å². The van der Waals surface area contributed by atoms with Crippen LogP contribution in [-0.4, -0.2) is 22.6 Å². The molecule has 0 bridgehead atoms. The first-order chi connectivity index (χ1) is 8.38. The lowest BCUT2D eigenvalue weighted by Crippen LogP contribution is -2.13. The van der Waals surface area contributed by atoms with E-state index in [2.05, 4.69) is 41.1 Å². The molecule has 1 N–H and O–H groups in total. The maximum atomic E-state index is 4.78. The highest BCUT2D eigenvalue weighted by Gasteiger charge is 2.18. The van der Waals surface area contributed by atoms with Gasteiger partial charge in [0.05, 0.1) is 11.0 Å². The largest absolute Gasteiger partial charge is 0.328 e. The predicted molar refractivity (Wildman–Crippen MR) is 70.1 cm³/mol. The van der Waals surface area contributed by atoms with Gasteiger partial charge in [-0.2, -0.15) is 0 Å². The second-order valence-electron chi connectivity index (χ2n) is 4.82. The minimum Gasteiger partial charge on any atom is -0.328 e. The van der Waals surface area contributed by atoms with Crippen molar-refractivity contribution in [2.24, 2.45) is 5.92 Å². The number of aryl methyl sites for hydroxylation is 1. The molecular weight excluding hydrogens is 210 g/mol. The molecule has 17 heavy (non-hydrogen) atoms. The highest BCUT2D eigenvalue weighted by molar-refractivity contribution is 5.75. The fourth-order valence-electron chi connectivity index (χ4n) is 2.78. The summed E-state index contributed by atoms with van der Waals surface area (Å²) in [6.45, 7) is 5.52. The van der Waals surface area contributed by atoms with Crippen LogP contribution in [0.15, 0.2) is 24.3 Å². The summed E-state index contributed by atoms with van der Waals surface area (Å²) in [6.07, 6.45) is 2.39. The normalized spacial score (nSPS) is 20.2. The van der Waals surface area contributed by atoms with Gasteiger partial charge in [-0.15, -0.1) is 0 Å². The molecule has 1 unspecified atom stereocenters. The summed E-state index contributed by atoms with van der Waals surface area (Å²) < 4.78 is 2.35. The number of nitrogens with zero attached hydrogens (tertiary/aromatic N) is 2. The number of rotatable bonds is 3. The molecular formula is C14H19N3. The standard InChI is InChI=1S/C14H19N3/c1-2-17-13-6-4-3-5-12(13)16-14(17)9-11-7-8-15-10-11/h3-6,11,15H,2,7-10H2,1H3. The van der Waals surface area contributed by atoms with Crippen molar-refractivity contribution in [3.8, 4) is 0 Å². The minimum atomic E-state index is 0.761. The van der Waals surface area contributed by atoms with E-state index in [1.807, 2.05) is 0 Å². The first kappa shape index (κ1) is 10.8. The molecule has 3 heteroatoms. The Morgan fingerprint density at radius 3 is 3.06 bits per heavy atom. The van der Waals surface area contributed by atoms with Gasteiger partial charge in [-0.05, 0) is 44.5 Å². The van der Waals surface area contributed by atoms with Crippen LogP contribution in [0.1, 0.15) is 19.2 Å². The first-order valence-electron chi connectivity index (χ1n) is 6.53. The Morgan fingerprint density at radius 1 is 1.41 bits per heavy atom. The van der Waals surface area contributed by atoms with Crippen molar-refractivity contribution >= 4 is 11.0 Å². The summed E-state index contributed by atoms with van der Waals surface area (Å²) in [5, 5.41) is 3.43. The van der Waals surface area contributed by atoms with Crippen LogP contribution in [-0.2, 0) is 13.0 Å². The summed E-state index contributed by atoms with van der Waals surface area (Å²) >= 11 is 0. The van der Waals surface area contributed by atoms with Crippen molar-refractivity contribution in [2.75, 3.05) is 13.1 Å². The summed E-state index contributed by atoms with van der Waals surface area (Å²) in [4.78, 5) is 4.78. The van der Waals surface area contributed by atoms with Gasteiger partial charge in [0, 0.05) is 13.0 Å². The number of benzene rings is 1. The molecule has 3 rings (SSSR count). The lowest BCUT2D eigenvalue weighted by atomic mass is 10.0. The molecule has 2 heterocycles. The van der Waals surface area contributed by atoms with Crippen LogP contribution in [0.5, 0.6) is 0 Å². The molecule has 1 aliphatic heterocycles. The van der Waals surface area contributed by atoms with E-state index >= 15 is 0 Å². The maximum Gasteiger partial charge on any atom is 0.110 e. The van der Waals surface area contributed by atoms with Crippen LogP contribution in [0.2, 0.25) is 0 Å². The smallest absolute Gasteiger partial charge is 0.110 e. The van der Waals surface area contributed by atoms with Crippen LogP contribution in [0.25, 0.3) is 11.0 Å². The average Bonchev–Trinajstić information content (AvgIpc) is 2.96. The van der Waals surface area contributed by atoms with E-state index in [-0.39, 0.29) is 0 Å². The maximum absolute atomic E-state index is 4.78. The van der Waals surface area contributed by atoms with Crippen molar-refractivity contribution in [3.63, 3.8) is 0 Å². The molecule has 0 aliphatic carbocycles. The molecule has 1 aromatic carbocycles. The Labute approximate surface area is 102 Å². The third kappa shape index (κ3) is 1.95. The Bertz CT molecular complexity index is 509. The Morgan fingerprint density at radius 2 is 2.29 bits per heavy atom. The van der Waals surface area contributed by atoms with E-state index in [4.69, 9.17) is 4.98 Å². The highest BCUT2D eigenvalue weighted by atomic mass is 15.1. The zero-order chi connectivity index (χ0) is 11.7. The molecule has 1 aromatic heterocycles. The summed E-state index contributed by atoms with van der Waals surface area (Å²) in [7, 11) is 0. The fraction of sp³-hybridized carbons (Fsp3) is 0.500. The predicted octanol–water partition coefficient (Wildman–Crippen LogP) is 2.21. The Balaban J connectivity index is 1.96. The second-order valence-corrected chi connectivity index (χ2v) is 4.82. The van der Waals surface area contributed by atoms with Crippen LogP contribution in [0, 0.1) is 5.92 Å². The number of hydrogen-bond donors (Lipinski definition) is 1. The molecule has 1 saturated heterocycles. The van der Waals surface area contributed by atoms with E-state index in [1.54, 1.807) is 0 Å². The number of nitrogens with one attached hydrogen (secondary N) is 1. The van der Waals surface area contributed by atoms with Crippen molar-refractivity contribution in [1.29, 1.82) is 0 Å². The second kappa shape index (κ2) is 4.49. The number of aromatic nitrogens is 2. The van der Waals surface area contributed by atoms with E-state index in [0.29, 0.717) is 0 Å². The Kier molecular flexibility index (Phi) is 2.85. The monoisotopic (exact) mass is 229 g/mol. The van der Waals surface area contributed by atoms with Gasteiger partial charge in [0.2, 0.25) is 0 Å². The average molecular weight is 229 g/mol. The van der Waals surface area contributed by atoms with Gasteiger partial charge in [0.25, 0.3) is 0 Å². The zero-order valence-electron chi connectivity index (χ0n) is 10.3. The topological polar surface area (TPSA) is 29.9 Å². The highest BCUT2D eigenvalue weighted by Crippen LogP contribution is 2.20. The van der Waals surface area contributed by atoms with E-state index in [0.717, 1.165) is 37.5 Å². The zero-order valence-corrected chi connectivity index (χ0v) is 10.3. The third-order valence-electron chi connectivity index (χ3n) is 3.68. The van der Waals surface area contributed by atoms with Crippen molar-refractivity contribution < 1.29 is 0 Å². The number of imidazole rings is 1. The summed E-state index contributed by atoms with van der Waals surface area (Å²) in [6, 6.07) is 8.44. The van der Waals surface area contributed by atoms with Crippen LogP contribution >= 0.6 is 0 Å². The van der Waals surface area contributed by atoms with E-state index < -0.39 is 0 Å². The van der Waals surface area contributed by atoms with Crippen LogP contribution in [0.3, 0.4) is 0 Å². The van der Waals surface area contributed by atoms with Crippen molar-refractivity contribution in [2.45, 2.75) is 26.3 Å². The van der Waals surface area contributed by atoms with Gasteiger partial charge in [0.1, 0.15) is 5.82 Å². The molecule has 90 valence electrons. The molecule has 0 spiro atoms. The number of fused-ring (bicyclic) bond motifs is 1. The molecule has 1 fully saturated rings. The van der Waals surface area contributed by atoms with Gasteiger partial charge in [-0.3, -0.25) is 0 Å². The lowest BCUT2D eigenvalue weighted by Gasteiger charge is -2.09. The van der Waals surface area contributed by atoms with Crippen LogP contribution < -0.4 is 5.32 Å². The third-order valence-corrected chi connectivity index (χ3v) is 3.68. The number of para-hydroxylation sites is 2. The van der Waals surface area contributed by atoms with Crippen molar-refractivity contribution in [3.05, 3.63) is 30.1 Å². The van der Waals surface area contributed by atoms with Gasteiger partial charge < -0.3 is 9.88 Å².